The highest BCUT2D eigenvalue weighted by Crippen LogP contribution is 2.54. The van der Waals surface area contributed by atoms with Gasteiger partial charge in [0, 0.05) is 71.7 Å². The van der Waals surface area contributed by atoms with E-state index in [1.807, 2.05) is 0 Å². The number of hydrogen-bond acceptors (Lipinski definition) is 4. The summed E-state index contributed by atoms with van der Waals surface area (Å²) in [5, 5.41) is 0.259. The van der Waals surface area contributed by atoms with Crippen LogP contribution in [0.1, 0.15) is 162 Å². The first kappa shape index (κ1) is 34.2. The summed E-state index contributed by atoms with van der Waals surface area (Å²) in [7, 11) is 0. The molecule has 4 aliphatic heterocycles. The van der Waals surface area contributed by atoms with E-state index in [0.717, 1.165) is 44.5 Å². The van der Waals surface area contributed by atoms with Crippen molar-refractivity contribution in [2.75, 3.05) is 12.4 Å². The minimum atomic E-state index is 0.148. The fraction of sp³-hybridized carbons (Fsp3) is 0.946. The fourth-order valence-corrected chi connectivity index (χ4v) is 11.7. The van der Waals surface area contributed by atoms with Crippen molar-refractivity contribution >= 4 is 34.8 Å². The molecule has 0 aromatic carbocycles. The SMILES string of the molecule is CCCCCCC1CC(=O)C2CCCCC23CC(Cl)CN13.CCCCCCC1CC(=O)C2CCCCC23CCC(CCl)N13. The third-order valence-corrected chi connectivity index (χ3v) is 13.5. The van der Waals surface area contributed by atoms with Gasteiger partial charge in [-0.25, -0.2) is 0 Å². The van der Waals surface area contributed by atoms with Gasteiger partial charge in [0.2, 0.25) is 0 Å². The number of nitrogens with zero attached hydrogens (tertiary/aromatic N) is 2. The van der Waals surface area contributed by atoms with Crippen molar-refractivity contribution in [2.45, 2.75) is 196 Å². The van der Waals surface area contributed by atoms with Crippen LogP contribution in [0.5, 0.6) is 0 Å². The second kappa shape index (κ2) is 15.6. The summed E-state index contributed by atoms with van der Waals surface area (Å²) in [5.74, 6) is 2.49. The van der Waals surface area contributed by atoms with E-state index in [0.29, 0.717) is 41.5 Å². The number of rotatable bonds is 11. The molecular formula is C37H62Cl2N2O2. The van der Waals surface area contributed by atoms with Crippen molar-refractivity contribution in [1.82, 2.24) is 9.80 Å². The number of piperidine rings is 2. The molecule has 4 nitrogen and oxygen atoms in total. The first-order chi connectivity index (χ1) is 20.9. The zero-order chi connectivity index (χ0) is 30.5. The Balaban J connectivity index is 0.000000171. The highest BCUT2D eigenvalue weighted by atomic mass is 35.5. The van der Waals surface area contributed by atoms with Crippen LogP contribution in [0.15, 0.2) is 0 Å². The first-order valence-corrected chi connectivity index (χ1v) is 19.7. The van der Waals surface area contributed by atoms with Crippen LogP contribution in [0.2, 0.25) is 0 Å². The van der Waals surface area contributed by atoms with E-state index < -0.39 is 0 Å². The molecule has 0 amide bonds. The maximum atomic E-state index is 12.8. The van der Waals surface area contributed by atoms with Gasteiger partial charge in [0.25, 0.3) is 0 Å². The normalized spacial score (nSPS) is 39.4. The molecule has 6 heteroatoms. The molecule has 8 unspecified atom stereocenters. The summed E-state index contributed by atoms with van der Waals surface area (Å²) >= 11 is 12.9. The summed E-state index contributed by atoms with van der Waals surface area (Å²) in [5.41, 5.74) is 0.345. The van der Waals surface area contributed by atoms with Crippen molar-refractivity contribution in [3.05, 3.63) is 0 Å². The standard InChI is InChI=1S/C19H32ClNO.C18H30ClNO/c1-2-3-4-5-8-15-13-18(22)17-9-6-7-11-19(17)12-10-16(14-20)21(15)19;1-2-3-4-5-8-15-11-17(21)16-9-6-7-10-18(16)12-14(19)13-20(15)18/h15-17H,2-14H2,1H3;14-16H,2-13H2,1H3. The Morgan fingerprint density at radius 2 is 1.28 bits per heavy atom. The lowest BCUT2D eigenvalue weighted by Crippen LogP contribution is -2.64. The summed E-state index contributed by atoms with van der Waals surface area (Å²) < 4.78 is 0. The van der Waals surface area contributed by atoms with Crippen LogP contribution in [0.25, 0.3) is 0 Å². The van der Waals surface area contributed by atoms with Crippen LogP contribution in [0, 0.1) is 11.8 Å². The third kappa shape index (κ3) is 7.08. The number of Topliss-reactive ketones (excluding diaryl/α,β-unsaturated/α-hetero) is 2. The van der Waals surface area contributed by atoms with Crippen molar-refractivity contribution in [3.63, 3.8) is 0 Å². The molecule has 6 aliphatic rings. The highest BCUT2D eigenvalue weighted by molar-refractivity contribution is 6.21. The highest BCUT2D eigenvalue weighted by Gasteiger charge is 2.59. The van der Waals surface area contributed by atoms with E-state index in [4.69, 9.17) is 23.2 Å². The Bertz CT molecular complexity index is 930. The van der Waals surface area contributed by atoms with Gasteiger partial charge in [-0.05, 0) is 57.8 Å². The van der Waals surface area contributed by atoms with Gasteiger partial charge in [0.05, 0.1) is 0 Å². The molecule has 4 heterocycles. The maximum absolute atomic E-state index is 12.8. The number of carbonyl (C=O) groups excluding carboxylic acids is 2. The van der Waals surface area contributed by atoms with E-state index in [9.17, 15) is 9.59 Å². The smallest absolute Gasteiger partial charge is 0.139 e. The largest absolute Gasteiger partial charge is 0.299 e. The lowest BCUT2D eigenvalue weighted by molar-refractivity contribution is -0.142. The van der Waals surface area contributed by atoms with Crippen molar-refractivity contribution in [2.24, 2.45) is 11.8 Å². The molecule has 0 bridgehead atoms. The average molecular weight is 638 g/mol. The van der Waals surface area contributed by atoms with Crippen LogP contribution < -0.4 is 0 Å². The van der Waals surface area contributed by atoms with Gasteiger partial charge in [-0.2, -0.15) is 0 Å². The molecule has 6 rings (SSSR count). The van der Waals surface area contributed by atoms with Crippen molar-refractivity contribution in [3.8, 4) is 0 Å². The molecule has 43 heavy (non-hydrogen) atoms. The van der Waals surface area contributed by atoms with Gasteiger partial charge >= 0.3 is 0 Å². The van der Waals surface area contributed by atoms with Crippen LogP contribution in [-0.2, 0) is 9.59 Å². The zero-order valence-electron chi connectivity index (χ0n) is 27.6. The third-order valence-electron chi connectivity index (χ3n) is 12.8. The molecule has 2 spiro atoms. The first-order valence-electron chi connectivity index (χ1n) is 18.7. The van der Waals surface area contributed by atoms with E-state index >= 15 is 0 Å². The topological polar surface area (TPSA) is 40.6 Å². The summed E-state index contributed by atoms with van der Waals surface area (Å²) in [6.07, 6.45) is 27.6. The maximum Gasteiger partial charge on any atom is 0.139 e. The summed E-state index contributed by atoms with van der Waals surface area (Å²) in [6, 6.07) is 1.48. The van der Waals surface area contributed by atoms with E-state index in [1.54, 1.807) is 0 Å². The molecular weight excluding hydrogens is 575 g/mol. The van der Waals surface area contributed by atoms with Gasteiger partial charge in [0.1, 0.15) is 11.6 Å². The van der Waals surface area contributed by atoms with Crippen molar-refractivity contribution in [1.29, 1.82) is 0 Å². The van der Waals surface area contributed by atoms with Gasteiger partial charge in [-0.3, -0.25) is 19.4 Å². The predicted octanol–water partition coefficient (Wildman–Crippen LogP) is 9.47. The summed E-state index contributed by atoms with van der Waals surface area (Å²) in [6.45, 7) is 5.53. The molecule has 2 aliphatic carbocycles. The fourth-order valence-electron chi connectivity index (χ4n) is 11.0. The second-order valence-electron chi connectivity index (χ2n) is 15.4. The zero-order valence-corrected chi connectivity index (χ0v) is 29.1. The van der Waals surface area contributed by atoms with Crippen LogP contribution in [0.4, 0.5) is 0 Å². The number of hydrogen-bond donors (Lipinski definition) is 0. The predicted molar refractivity (Wildman–Crippen MR) is 180 cm³/mol. The van der Waals surface area contributed by atoms with Gasteiger partial charge in [0.15, 0.2) is 0 Å². The minimum Gasteiger partial charge on any atom is -0.299 e. The monoisotopic (exact) mass is 636 g/mol. The van der Waals surface area contributed by atoms with Gasteiger partial charge < -0.3 is 0 Å². The number of ketones is 2. The lowest BCUT2D eigenvalue weighted by Gasteiger charge is -2.55. The molecule has 0 radical (unpaired) electrons. The van der Waals surface area contributed by atoms with Gasteiger partial charge in [-0.15, -0.1) is 23.2 Å². The molecule has 0 aromatic rings. The van der Waals surface area contributed by atoms with Crippen LogP contribution in [0.3, 0.4) is 0 Å². The Labute approximate surface area is 273 Å². The van der Waals surface area contributed by atoms with Crippen molar-refractivity contribution < 1.29 is 9.59 Å². The lowest BCUT2D eigenvalue weighted by atomic mass is 9.65. The molecule has 2 saturated carbocycles. The molecule has 246 valence electrons. The Morgan fingerprint density at radius 3 is 1.91 bits per heavy atom. The Morgan fingerprint density at radius 1 is 0.698 bits per heavy atom. The average Bonchev–Trinajstić information content (AvgIpc) is 3.55. The molecule has 0 N–H and O–H groups in total. The molecule has 8 atom stereocenters. The second-order valence-corrected chi connectivity index (χ2v) is 16.3. The minimum absolute atomic E-state index is 0.148. The van der Waals surface area contributed by atoms with E-state index in [2.05, 4.69) is 23.6 Å². The van der Waals surface area contributed by atoms with E-state index in [1.165, 1.54) is 116 Å². The Hall–Kier alpha value is -0.160. The number of unbranched alkanes of at least 4 members (excludes halogenated alkanes) is 6. The molecule has 4 saturated heterocycles. The molecule has 6 fully saturated rings. The summed E-state index contributed by atoms with van der Waals surface area (Å²) in [4.78, 5) is 31.0. The van der Waals surface area contributed by atoms with Gasteiger partial charge in [-0.1, -0.05) is 90.9 Å². The Kier molecular flexibility index (Phi) is 12.4. The number of carbonyl (C=O) groups is 2. The van der Waals surface area contributed by atoms with Crippen LogP contribution >= 0.6 is 23.2 Å². The number of halogens is 2. The number of alkyl halides is 2. The van der Waals surface area contributed by atoms with Crippen LogP contribution in [-0.4, -0.2) is 68.4 Å². The molecule has 0 aromatic heterocycles. The quantitative estimate of drug-likeness (QED) is 0.167. The van der Waals surface area contributed by atoms with E-state index in [-0.39, 0.29) is 16.5 Å².